The molecule has 0 bridgehead atoms. The molecule has 1 aliphatic heterocycles. The third-order valence-electron chi connectivity index (χ3n) is 4.89. The lowest BCUT2D eigenvalue weighted by atomic mass is 10.0. The van der Waals surface area contributed by atoms with E-state index in [4.69, 9.17) is 11.6 Å². The number of carbonyl (C=O) groups is 1. The SMILES string of the molecule is O=C(c1cccc(Cl)c1)N1CCCc2cc(S(=O)(=O)Nc3ccc(Br)cc3)ccc21. The molecule has 0 aliphatic carbocycles. The molecule has 1 heterocycles. The smallest absolute Gasteiger partial charge is 0.261 e. The maximum atomic E-state index is 13.0. The van der Waals surface area contributed by atoms with Crippen molar-refractivity contribution in [3.8, 4) is 0 Å². The summed E-state index contributed by atoms with van der Waals surface area (Å²) in [4.78, 5) is 14.8. The van der Waals surface area contributed by atoms with Crippen molar-refractivity contribution in [2.75, 3.05) is 16.2 Å². The van der Waals surface area contributed by atoms with Crippen molar-refractivity contribution in [1.82, 2.24) is 0 Å². The van der Waals surface area contributed by atoms with E-state index < -0.39 is 10.0 Å². The molecule has 0 unspecified atom stereocenters. The van der Waals surface area contributed by atoms with E-state index >= 15 is 0 Å². The number of nitrogens with zero attached hydrogens (tertiary/aromatic N) is 1. The Labute approximate surface area is 188 Å². The van der Waals surface area contributed by atoms with Crippen LogP contribution < -0.4 is 9.62 Å². The first kappa shape index (κ1) is 20.9. The Hall–Kier alpha value is -2.35. The standard InChI is InChI=1S/C22H18BrClN2O3S/c23-17-6-8-19(9-7-17)25-30(28,29)20-10-11-21-15(14-20)4-2-12-26(21)22(27)16-3-1-5-18(24)13-16/h1,3,5-11,13-14,25H,2,4,12H2. The quantitative estimate of drug-likeness (QED) is 0.509. The highest BCUT2D eigenvalue weighted by atomic mass is 79.9. The molecule has 1 amide bonds. The van der Waals surface area contributed by atoms with Crippen LogP contribution in [-0.4, -0.2) is 20.9 Å². The molecule has 5 nitrogen and oxygen atoms in total. The lowest BCUT2D eigenvalue weighted by Crippen LogP contribution is -2.35. The minimum atomic E-state index is -3.74. The number of fused-ring (bicyclic) bond motifs is 1. The summed E-state index contributed by atoms with van der Waals surface area (Å²) >= 11 is 9.36. The van der Waals surface area contributed by atoms with E-state index in [1.54, 1.807) is 65.6 Å². The number of amides is 1. The summed E-state index contributed by atoms with van der Waals surface area (Å²) in [6.07, 6.45) is 1.46. The monoisotopic (exact) mass is 504 g/mol. The molecule has 8 heteroatoms. The predicted octanol–water partition coefficient (Wildman–Crippen LogP) is 5.50. The first-order valence-corrected chi connectivity index (χ1v) is 12.0. The van der Waals surface area contributed by atoms with Gasteiger partial charge in [0.15, 0.2) is 0 Å². The second-order valence-electron chi connectivity index (χ2n) is 6.97. The van der Waals surface area contributed by atoms with Gasteiger partial charge in [-0.05, 0) is 79.1 Å². The van der Waals surface area contributed by atoms with Gasteiger partial charge in [-0.2, -0.15) is 0 Å². The van der Waals surface area contributed by atoms with Crippen molar-refractivity contribution >= 4 is 54.8 Å². The number of hydrogen-bond donors (Lipinski definition) is 1. The van der Waals surface area contributed by atoms with Crippen molar-refractivity contribution in [2.45, 2.75) is 17.7 Å². The molecular formula is C22H18BrClN2O3S. The number of halogens is 2. The van der Waals surface area contributed by atoms with E-state index in [-0.39, 0.29) is 10.8 Å². The molecule has 0 radical (unpaired) electrons. The highest BCUT2D eigenvalue weighted by molar-refractivity contribution is 9.10. The molecule has 0 spiro atoms. The van der Waals surface area contributed by atoms with E-state index in [1.807, 2.05) is 0 Å². The summed E-state index contributed by atoms with van der Waals surface area (Å²) in [5.74, 6) is -0.151. The van der Waals surface area contributed by atoms with E-state index in [2.05, 4.69) is 20.7 Å². The van der Waals surface area contributed by atoms with Gasteiger partial charge in [-0.15, -0.1) is 0 Å². The van der Waals surface area contributed by atoms with Gasteiger partial charge >= 0.3 is 0 Å². The molecule has 3 aromatic carbocycles. The van der Waals surface area contributed by atoms with Crippen molar-refractivity contribution < 1.29 is 13.2 Å². The molecule has 1 N–H and O–H groups in total. The third-order valence-corrected chi connectivity index (χ3v) is 7.04. The molecule has 0 aromatic heterocycles. The third kappa shape index (κ3) is 4.38. The summed E-state index contributed by atoms with van der Waals surface area (Å²) in [6, 6.07) is 18.6. The molecule has 4 rings (SSSR count). The van der Waals surface area contributed by atoms with E-state index in [1.165, 1.54) is 6.07 Å². The summed E-state index contributed by atoms with van der Waals surface area (Å²) in [5, 5.41) is 0.499. The zero-order valence-corrected chi connectivity index (χ0v) is 19.0. The maximum Gasteiger partial charge on any atom is 0.261 e. The topological polar surface area (TPSA) is 66.5 Å². The Morgan fingerprint density at radius 3 is 2.53 bits per heavy atom. The zero-order chi connectivity index (χ0) is 21.3. The van der Waals surface area contributed by atoms with Crippen molar-refractivity contribution in [3.05, 3.63) is 87.4 Å². The van der Waals surface area contributed by atoms with Crippen LogP contribution >= 0.6 is 27.5 Å². The Morgan fingerprint density at radius 1 is 1.03 bits per heavy atom. The van der Waals surface area contributed by atoms with E-state index in [9.17, 15) is 13.2 Å². The van der Waals surface area contributed by atoms with Crippen LogP contribution in [0.2, 0.25) is 5.02 Å². The second kappa shape index (κ2) is 8.41. The van der Waals surface area contributed by atoms with Crippen LogP contribution in [0.4, 0.5) is 11.4 Å². The Morgan fingerprint density at radius 2 is 1.80 bits per heavy atom. The molecule has 30 heavy (non-hydrogen) atoms. The van der Waals surface area contributed by atoms with E-state index in [0.717, 1.165) is 22.1 Å². The molecule has 0 saturated heterocycles. The first-order valence-electron chi connectivity index (χ1n) is 9.32. The molecule has 1 aliphatic rings. The number of aryl methyl sites for hydroxylation is 1. The zero-order valence-electron chi connectivity index (χ0n) is 15.8. The minimum Gasteiger partial charge on any atom is -0.308 e. The fourth-order valence-electron chi connectivity index (χ4n) is 3.46. The van der Waals surface area contributed by atoms with Gasteiger partial charge in [0.2, 0.25) is 0 Å². The second-order valence-corrected chi connectivity index (χ2v) is 10.0. The predicted molar refractivity (Wildman–Crippen MR) is 123 cm³/mol. The minimum absolute atomic E-state index is 0.151. The largest absolute Gasteiger partial charge is 0.308 e. The highest BCUT2D eigenvalue weighted by Crippen LogP contribution is 2.31. The number of nitrogens with one attached hydrogen (secondary N) is 1. The molecule has 3 aromatic rings. The average Bonchev–Trinajstić information content (AvgIpc) is 2.74. The fraction of sp³-hybridized carbons (Fsp3) is 0.136. The number of carbonyl (C=O) groups excluding carboxylic acids is 1. The molecule has 0 saturated carbocycles. The summed E-state index contributed by atoms with van der Waals surface area (Å²) in [5.41, 5.74) is 2.54. The Balaban J connectivity index is 1.63. The highest BCUT2D eigenvalue weighted by Gasteiger charge is 2.26. The van der Waals surface area contributed by atoms with Crippen LogP contribution in [0, 0.1) is 0 Å². The van der Waals surface area contributed by atoms with E-state index in [0.29, 0.717) is 29.2 Å². The summed E-state index contributed by atoms with van der Waals surface area (Å²) in [6.45, 7) is 0.571. The number of hydrogen-bond acceptors (Lipinski definition) is 3. The van der Waals surface area contributed by atoms with Crippen LogP contribution in [0.15, 0.2) is 76.1 Å². The number of sulfonamides is 1. The van der Waals surface area contributed by atoms with Gasteiger partial charge in [-0.3, -0.25) is 9.52 Å². The van der Waals surface area contributed by atoms with Gasteiger partial charge in [-0.25, -0.2) is 8.42 Å². The van der Waals surface area contributed by atoms with Crippen LogP contribution in [0.1, 0.15) is 22.3 Å². The van der Waals surface area contributed by atoms with Gasteiger partial charge in [0.05, 0.1) is 4.90 Å². The van der Waals surface area contributed by atoms with Crippen LogP contribution in [0.25, 0.3) is 0 Å². The molecule has 0 fully saturated rings. The first-order chi connectivity index (χ1) is 14.3. The van der Waals surface area contributed by atoms with Crippen molar-refractivity contribution in [3.63, 3.8) is 0 Å². The van der Waals surface area contributed by atoms with Crippen molar-refractivity contribution in [1.29, 1.82) is 0 Å². The van der Waals surface area contributed by atoms with Gasteiger partial charge in [-0.1, -0.05) is 33.6 Å². The molecule has 154 valence electrons. The molecular weight excluding hydrogens is 488 g/mol. The van der Waals surface area contributed by atoms with Gasteiger partial charge in [0.25, 0.3) is 15.9 Å². The molecule has 0 atom stereocenters. The number of rotatable bonds is 4. The van der Waals surface area contributed by atoms with Crippen LogP contribution in [0.3, 0.4) is 0 Å². The Kier molecular flexibility index (Phi) is 5.86. The summed E-state index contributed by atoms with van der Waals surface area (Å²) in [7, 11) is -3.74. The lowest BCUT2D eigenvalue weighted by molar-refractivity contribution is 0.0985. The number of benzene rings is 3. The summed E-state index contributed by atoms with van der Waals surface area (Å²) < 4.78 is 29.1. The van der Waals surface area contributed by atoms with Crippen molar-refractivity contribution in [2.24, 2.45) is 0 Å². The van der Waals surface area contributed by atoms with Crippen LogP contribution in [0.5, 0.6) is 0 Å². The lowest BCUT2D eigenvalue weighted by Gasteiger charge is -2.30. The normalized spacial score (nSPS) is 13.6. The average molecular weight is 506 g/mol. The van der Waals surface area contributed by atoms with Crippen LogP contribution in [-0.2, 0) is 16.4 Å². The van der Waals surface area contributed by atoms with Gasteiger partial charge < -0.3 is 4.90 Å². The maximum absolute atomic E-state index is 13.0. The fourth-order valence-corrected chi connectivity index (χ4v) is 5.02. The Bertz CT molecular complexity index is 1210. The number of anilines is 2. The van der Waals surface area contributed by atoms with Gasteiger partial charge in [0.1, 0.15) is 0 Å². The van der Waals surface area contributed by atoms with Gasteiger partial charge in [0, 0.05) is 33.0 Å².